The highest BCUT2D eigenvalue weighted by Gasteiger charge is 2.21. The number of amides is 1. The summed E-state index contributed by atoms with van der Waals surface area (Å²) in [6.07, 6.45) is 3.72. The lowest BCUT2D eigenvalue weighted by Crippen LogP contribution is -2.30. The number of rotatable bonds is 4. The van der Waals surface area contributed by atoms with Gasteiger partial charge in [0.25, 0.3) is 5.91 Å². The molecule has 0 saturated carbocycles. The first-order valence-electron chi connectivity index (χ1n) is 6.43. The van der Waals surface area contributed by atoms with Gasteiger partial charge in [-0.2, -0.15) is 0 Å². The summed E-state index contributed by atoms with van der Waals surface area (Å²) >= 11 is 0. The minimum Gasteiger partial charge on any atom is -0.449 e. The van der Waals surface area contributed by atoms with Crippen LogP contribution in [-0.2, 0) is 14.3 Å². The molecule has 100 valence electrons. The number of hydrogen-bond acceptors (Lipinski definition) is 3. The number of carbonyl (C=O) groups is 2. The number of benzene rings is 1. The Balaban J connectivity index is 1.87. The van der Waals surface area contributed by atoms with E-state index in [4.69, 9.17) is 4.74 Å². The lowest BCUT2D eigenvalue weighted by atomic mass is 10.2. The molecule has 4 nitrogen and oxygen atoms in total. The van der Waals surface area contributed by atoms with Crippen molar-refractivity contribution in [3.8, 4) is 0 Å². The van der Waals surface area contributed by atoms with E-state index in [0.29, 0.717) is 11.3 Å². The Morgan fingerprint density at radius 3 is 2.63 bits per heavy atom. The minimum absolute atomic E-state index is 0.321. The summed E-state index contributed by atoms with van der Waals surface area (Å²) in [7, 11) is 0. The molecule has 0 fully saturated rings. The molecule has 1 aliphatic rings. The number of nitrogens with one attached hydrogen (secondary N) is 1. The molecule has 1 amide bonds. The third-order valence-corrected chi connectivity index (χ3v) is 3.00. The second-order valence-corrected chi connectivity index (χ2v) is 4.52. The molecular weight excluding hydrogens is 242 g/mol. The average molecular weight is 259 g/mol. The summed E-state index contributed by atoms with van der Waals surface area (Å²) in [5.74, 6) is -0.702. The van der Waals surface area contributed by atoms with Crippen LogP contribution in [0.4, 0.5) is 5.69 Å². The fraction of sp³-hybridized carbons (Fsp3) is 0.333. The molecule has 1 aliphatic carbocycles. The molecule has 1 N–H and O–H groups in total. The van der Waals surface area contributed by atoms with Gasteiger partial charge in [-0.1, -0.05) is 24.3 Å². The lowest BCUT2D eigenvalue weighted by molar-refractivity contribution is -0.149. The summed E-state index contributed by atoms with van der Waals surface area (Å²) in [6, 6.07) is 9.09. The molecule has 0 bridgehead atoms. The van der Waals surface area contributed by atoms with Gasteiger partial charge in [0.15, 0.2) is 6.10 Å². The van der Waals surface area contributed by atoms with Crippen LogP contribution in [0, 0.1) is 0 Å². The van der Waals surface area contributed by atoms with Gasteiger partial charge >= 0.3 is 5.97 Å². The van der Waals surface area contributed by atoms with Gasteiger partial charge in [-0.25, -0.2) is 4.79 Å². The minimum atomic E-state index is -0.797. The van der Waals surface area contributed by atoms with Crippen LogP contribution in [0.1, 0.15) is 26.2 Å². The molecule has 0 aromatic heterocycles. The van der Waals surface area contributed by atoms with Gasteiger partial charge in [-0.15, -0.1) is 0 Å². The second-order valence-electron chi connectivity index (χ2n) is 4.52. The van der Waals surface area contributed by atoms with Gasteiger partial charge in [0.2, 0.25) is 0 Å². The van der Waals surface area contributed by atoms with Gasteiger partial charge in [-0.05, 0) is 38.3 Å². The van der Waals surface area contributed by atoms with Crippen LogP contribution in [0.5, 0.6) is 0 Å². The van der Waals surface area contributed by atoms with Gasteiger partial charge in [0.1, 0.15) is 0 Å². The number of allylic oxidation sites excluding steroid dienone is 1. The van der Waals surface area contributed by atoms with Crippen molar-refractivity contribution >= 4 is 17.6 Å². The monoisotopic (exact) mass is 259 g/mol. The fourth-order valence-electron chi connectivity index (χ4n) is 1.91. The molecule has 0 heterocycles. The molecular formula is C15H17NO3. The van der Waals surface area contributed by atoms with Crippen LogP contribution in [0.2, 0.25) is 0 Å². The van der Waals surface area contributed by atoms with Crippen molar-refractivity contribution in [2.45, 2.75) is 32.3 Å². The lowest BCUT2D eigenvalue weighted by Gasteiger charge is -2.13. The average Bonchev–Trinajstić information content (AvgIpc) is 2.93. The van der Waals surface area contributed by atoms with E-state index in [1.165, 1.54) is 0 Å². The second kappa shape index (κ2) is 6.18. The molecule has 4 heteroatoms. The van der Waals surface area contributed by atoms with Gasteiger partial charge in [0, 0.05) is 11.3 Å². The fourth-order valence-corrected chi connectivity index (χ4v) is 1.91. The Morgan fingerprint density at radius 2 is 2.00 bits per heavy atom. The van der Waals surface area contributed by atoms with Gasteiger partial charge < -0.3 is 10.1 Å². The summed E-state index contributed by atoms with van der Waals surface area (Å²) < 4.78 is 5.15. The van der Waals surface area contributed by atoms with Crippen molar-refractivity contribution in [3.05, 3.63) is 42.0 Å². The predicted molar refractivity (Wildman–Crippen MR) is 72.6 cm³/mol. The topological polar surface area (TPSA) is 55.4 Å². The van der Waals surface area contributed by atoms with Crippen LogP contribution in [0.25, 0.3) is 0 Å². The van der Waals surface area contributed by atoms with Crippen LogP contribution in [0.15, 0.2) is 42.0 Å². The molecule has 1 atom stereocenters. The number of carbonyl (C=O) groups excluding carboxylic acids is 2. The van der Waals surface area contributed by atoms with Crippen molar-refractivity contribution in [1.29, 1.82) is 0 Å². The maximum Gasteiger partial charge on any atom is 0.334 e. The summed E-state index contributed by atoms with van der Waals surface area (Å²) in [5, 5.41) is 2.70. The van der Waals surface area contributed by atoms with E-state index in [0.717, 1.165) is 19.3 Å². The summed E-state index contributed by atoms with van der Waals surface area (Å²) in [5.41, 5.74) is 1.37. The molecule has 2 rings (SSSR count). The molecule has 19 heavy (non-hydrogen) atoms. The molecule has 0 unspecified atom stereocenters. The Hall–Kier alpha value is -2.10. The largest absolute Gasteiger partial charge is 0.449 e. The quantitative estimate of drug-likeness (QED) is 0.846. The number of ether oxygens (including phenoxy) is 1. The summed E-state index contributed by atoms with van der Waals surface area (Å²) in [6.45, 7) is 1.58. The zero-order valence-electron chi connectivity index (χ0n) is 10.9. The molecule has 0 saturated heterocycles. The zero-order valence-corrected chi connectivity index (χ0v) is 10.9. The van der Waals surface area contributed by atoms with Crippen LogP contribution in [-0.4, -0.2) is 18.0 Å². The Morgan fingerprint density at radius 1 is 1.26 bits per heavy atom. The number of para-hydroxylation sites is 1. The van der Waals surface area contributed by atoms with E-state index in [-0.39, 0.29) is 11.9 Å². The van der Waals surface area contributed by atoms with E-state index >= 15 is 0 Å². The highest BCUT2D eigenvalue weighted by Crippen LogP contribution is 2.19. The molecule has 1 aromatic carbocycles. The third-order valence-electron chi connectivity index (χ3n) is 3.00. The smallest absolute Gasteiger partial charge is 0.334 e. The first-order valence-corrected chi connectivity index (χ1v) is 6.43. The van der Waals surface area contributed by atoms with Gasteiger partial charge in [0.05, 0.1) is 0 Å². The van der Waals surface area contributed by atoms with E-state index in [9.17, 15) is 9.59 Å². The van der Waals surface area contributed by atoms with Gasteiger partial charge in [-0.3, -0.25) is 4.79 Å². The van der Waals surface area contributed by atoms with E-state index in [1.807, 2.05) is 24.3 Å². The van der Waals surface area contributed by atoms with Crippen LogP contribution in [0.3, 0.4) is 0 Å². The summed E-state index contributed by atoms with van der Waals surface area (Å²) in [4.78, 5) is 23.6. The first-order chi connectivity index (χ1) is 9.16. The van der Waals surface area contributed by atoms with Crippen molar-refractivity contribution in [2.24, 2.45) is 0 Å². The Labute approximate surface area is 112 Å². The van der Waals surface area contributed by atoms with E-state index in [1.54, 1.807) is 19.1 Å². The highest BCUT2D eigenvalue weighted by atomic mass is 16.5. The standard InChI is InChI=1S/C15H17NO3/c1-11(19-15(18)12-7-5-6-8-12)14(17)16-13-9-3-2-4-10-13/h2-4,7,9-11H,5-6,8H2,1H3,(H,16,17)/t11-/m0/s1. The molecule has 1 aromatic rings. The van der Waals surface area contributed by atoms with Crippen molar-refractivity contribution in [3.63, 3.8) is 0 Å². The van der Waals surface area contributed by atoms with Crippen molar-refractivity contribution < 1.29 is 14.3 Å². The SMILES string of the molecule is C[C@H](OC(=O)C1=CCCC1)C(=O)Nc1ccccc1. The zero-order chi connectivity index (χ0) is 13.7. The highest BCUT2D eigenvalue weighted by molar-refractivity contribution is 5.97. The van der Waals surface area contributed by atoms with E-state index in [2.05, 4.69) is 5.32 Å². The maximum absolute atomic E-state index is 11.9. The first kappa shape index (κ1) is 13.3. The van der Waals surface area contributed by atoms with Crippen LogP contribution < -0.4 is 5.32 Å². The van der Waals surface area contributed by atoms with Crippen molar-refractivity contribution in [2.75, 3.05) is 5.32 Å². The Bertz CT molecular complexity index is 493. The molecule has 0 spiro atoms. The predicted octanol–water partition coefficient (Wildman–Crippen LogP) is 2.67. The normalized spacial score (nSPS) is 15.5. The number of hydrogen-bond donors (Lipinski definition) is 1. The number of anilines is 1. The van der Waals surface area contributed by atoms with E-state index < -0.39 is 6.10 Å². The Kier molecular flexibility index (Phi) is 4.34. The van der Waals surface area contributed by atoms with Crippen molar-refractivity contribution in [1.82, 2.24) is 0 Å². The molecule has 0 aliphatic heterocycles. The number of esters is 1. The third kappa shape index (κ3) is 3.68. The van der Waals surface area contributed by atoms with Crippen LogP contribution >= 0.6 is 0 Å². The maximum atomic E-state index is 11.9. The molecule has 0 radical (unpaired) electrons.